The third kappa shape index (κ3) is 14.4. The molecule has 7 N–H and O–H groups in total. The van der Waals surface area contributed by atoms with Crippen molar-refractivity contribution in [1.29, 1.82) is 0 Å². The van der Waals surface area contributed by atoms with Crippen LogP contribution >= 0.6 is 0 Å². The number of nitrogens with zero attached hydrogens (tertiary/aromatic N) is 1. The van der Waals surface area contributed by atoms with Crippen LogP contribution < -0.4 is 31.7 Å². The summed E-state index contributed by atoms with van der Waals surface area (Å²) in [6, 6.07) is 22.4. The molecule has 3 aromatic carbocycles. The summed E-state index contributed by atoms with van der Waals surface area (Å²) in [5, 5.41) is 10.3. The Balaban J connectivity index is 1.47. The Hall–Kier alpha value is -6.22. The fraction of sp³-hybridized carbons (Fsp3) is 0.333. The number of nitrogens with one attached hydrogen (secondary N) is 5. The van der Waals surface area contributed by atoms with Gasteiger partial charge < -0.3 is 46.2 Å². The van der Waals surface area contributed by atoms with Crippen LogP contribution in [-0.2, 0) is 54.7 Å². The van der Waals surface area contributed by atoms with Gasteiger partial charge in [-0.05, 0) is 49.6 Å². The zero-order valence-corrected chi connectivity index (χ0v) is 30.5. The average Bonchev–Trinajstić information content (AvgIpc) is 3.66. The largest absolute Gasteiger partial charge is 0.489 e. The van der Waals surface area contributed by atoms with E-state index in [1.807, 2.05) is 60.7 Å². The number of hydrogen-bond donors (Lipinski definition) is 6. The Labute approximate surface area is 313 Å². The lowest BCUT2D eigenvalue weighted by Gasteiger charge is -2.25. The molecule has 0 unspecified atom stereocenters. The number of carbonyl (C=O) groups is 5. The molecule has 0 aliphatic carbocycles. The molecule has 0 aliphatic heterocycles. The molecule has 1 heterocycles. The summed E-state index contributed by atoms with van der Waals surface area (Å²) in [6.07, 6.45) is 2.15. The quantitative estimate of drug-likeness (QED) is 0.0831. The molecule has 15 heteroatoms. The standard InChI is InChI=1S/C39H47N7O8/c1-39(2,3)54-38(51)46-33(24-52-22-27-10-6-4-7-11-27)37(50)45-32(18-26-14-16-30(17-15-26)53-23-28-12-8-5-9-13-28)36(49)42-21-34(47)44-31(35(40)48)19-29-20-41-25-43-29/h4-17,20,25,31-33H,18-19,21-24H2,1-3H3,(H2,40,48)(H,41,43)(H,42,49)(H,44,47)(H,45,50)(H,46,51)/t31-,32+,33+/m0/s1. The van der Waals surface area contributed by atoms with Crippen LogP contribution in [0.4, 0.5) is 4.79 Å². The van der Waals surface area contributed by atoms with Crippen LogP contribution in [0.3, 0.4) is 0 Å². The van der Waals surface area contributed by atoms with E-state index in [4.69, 9.17) is 19.9 Å². The Morgan fingerprint density at radius 2 is 1.39 bits per heavy atom. The van der Waals surface area contributed by atoms with Gasteiger partial charge in [-0.1, -0.05) is 72.8 Å². The Morgan fingerprint density at radius 3 is 1.98 bits per heavy atom. The van der Waals surface area contributed by atoms with Gasteiger partial charge in [0.25, 0.3) is 0 Å². The highest BCUT2D eigenvalue weighted by Gasteiger charge is 2.30. The van der Waals surface area contributed by atoms with Crippen molar-refractivity contribution >= 4 is 29.7 Å². The first-order valence-corrected chi connectivity index (χ1v) is 17.4. The van der Waals surface area contributed by atoms with E-state index in [1.165, 1.54) is 12.5 Å². The van der Waals surface area contributed by atoms with Crippen molar-refractivity contribution in [3.05, 3.63) is 120 Å². The van der Waals surface area contributed by atoms with Crippen molar-refractivity contribution < 1.29 is 38.2 Å². The lowest BCUT2D eigenvalue weighted by Crippen LogP contribution is -2.57. The molecule has 0 saturated heterocycles. The maximum Gasteiger partial charge on any atom is 0.408 e. The lowest BCUT2D eigenvalue weighted by atomic mass is 10.0. The predicted molar refractivity (Wildman–Crippen MR) is 199 cm³/mol. The van der Waals surface area contributed by atoms with Gasteiger partial charge in [-0.25, -0.2) is 9.78 Å². The normalized spacial score (nSPS) is 12.7. The summed E-state index contributed by atoms with van der Waals surface area (Å²) >= 11 is 0. The molecule has 286 valence electrons. The van der Waals surface area contributed by atoms with Gasteiger partial charge in [-0.3, -0.25) is 19.2 Å². The van der Waals surface area contributed by atoms with Gasteiger partial charge in [0.1, 0.15) is 36.1 Å². The van der Waals surface area contributed by atoms with Crippen LogP contribution in [0.15, 0.2) is 97.5 Å². The minimum Gasteiger partial charge on any atom is -0.489 e. The van der Waals surface area contributed by atoms with Crippen LogP contribution in [0.5, 0.6) is 5.75 Å². The van der Waals surface area contributed by atoms with Gasteiger partial charge in [-0.15, -0.1) is 0 Å². The zero-order chi connectivity index (χ0) is 38.9. The second-order valence-corrected chi connectivity index (χ2v) is 13.4. The number of nitrogens with two attached hydrogens (primary N) is 1. The molecule has 4 aromatic rings. The van der Waals surface area contributed by atoms with E-state index in [-0.39, 0.29) is 26.1 Å². The fourth-order valence-electron chi connectivity index (χ4n) is 5.06. The van der Waals surface area contributed by atoms with Gasteiger partial charge in [-0.2, -0.15) is 0 Å². The van der Waals surface area contributed by atoms with Crippen molar-refractivity contribution in [1.82, 2.24) is 31.2 Å². The smallest absolute Gasteiger partial charge is 0.408 e. The first kappa shape index (κ1) is 40.5. The van der Waals surface area contributed by atoms with E-state index in [0.29, 0.717) is 23.6 Å². The van der Waals surface area contributed by atoms with E-state index in [2.05, 4.69) is 31.2 Å². The van der Waals surface area contributed by atoms with Crippen LogP contribution in [0.2, 0.25) is 0 Å². The van der Waals surface area contributed by atoms with Crippen LogP contribution in [0, 0.1) is 0 Å². The molecule has 54 heavy (non-hydrogen) atoms. The Bertz CT molecular complexity index is 1800. The summed E-state index contributed by atoms with van der Waals surface area (Å²) in [6.45, 7) is 4.81. The van der Waals surface area contributed by atoms with Crippen LogP contribution in [-0.4, -0.2) is 76.6 Å². The monoisotopic (exact) mass is 741 g/mol. The maximum absolute atomic E-state index is 13.8. The van der Waals surface area contributed by atoms with Gasteiger partial charge in [0.05, 0.1) is 26.1 Å². The number of carbonyl (C=O) groups excluding carboxylic acids is 5. The number of aromatic amines is 1. The number of amides is 5. The molecule has 0 spiro atoms. The molecule has 0 saturated carbocycles. The molecule has 1 aromatic heterocycles. The highest BCUT2D eigenvalue weighted by Crippen LogP contribution is 2.16. The van der Waals surface area contributed by atoms with Crippen molar-refractivity contribution in [3.63, 3.8) is 0 Å². The fourth-order valence-corrected chi connectivity index (χ4v) is 5.06. The predicted octanol–water partition coefficient (Wildman–Crippen LogP) is 2.46. The first-order valence-electron chi connectivity index (χ1n) is 17.4. The number of benzene rings is 3. The highest BCUT2D eigenvalue weighted by molar-refractivity contribution is 5.94. The number of aromatic nitrogens is 2. The van der Waals surface area contributed by atoms with Crippen molar-refractivity contribution in [2.24, 2.45) is 5.73 Å². The Kier molecular flexibility index (Phi) is 15.1. The highest BCUT2D eigenvalue weighted by atomic mass is 16.6. The topological polar surface area (TPSA) is 216 Å². The molecule has 0 bridgehead atoms. The molecular formula is C39H47N7O8. The maximum atomic E-state index is 13.8. The number of hydrogen-bond acceptors (Lipinski definition) is 9. The number of alkyl carbamates (subject to hydrolysis) is 1. The third-order valence-corrected chi connectivity index (χ3v) is 7.73. The summed E-state index contributed by atoms with van der Waals surface area (Å²) in [5.41, 5.74) is 7.73. The van der Waals surface area contributed by atoms with Crippen LogP contribution in [0.25, 0.3) is 0 Å². The van der Waals surface area contributed by atoms with Gasteiger partial charge in [0.15, 0.2) is 0 Å². The van der Waals surface area contributed by atoms with Gasteiger partial charge in [0.2, 0.25) is 23.6 Å². The number of imidazole rings is 1. The van der Waals surface area contributed by atoms with Gasteiger partial charge >= 0.3 is 6.09 Å². The van der Waals surface area contributed by atoms with Crippen LogP contribution in [0.1, 0.15) is 43.2 Å². The molecular weight excluding hydrogens is 694 g/mol. The number of primary amides is 1. The molecule has 0 fully saturated rings. The third-order valence-electron chi connectivity index (χ3n) is 7.73. The summed E-state index contributed by atoms with van der Waals surface area (Å²) < 4.78 is 17.1. The number of H-pyrrole nitrogens is 1. The van der Waals surface area contributed by atoms with Gasteiger partial charge in [0, 0.05) is 24.7 Å². The molecule has 0 aliphatic rings. The molecule has 0 radical (unpaired) electrons. The zero-order valence-electron chi connectivity index (χ0n) is 30.5. The Morgan fingerprint density at radius 1 is 0.741 bits per heavy atom. The summed E-state index contributed by atoms with van der Waals surface area (Å²) in [4.78, 5) is 71.8. The molecule has 4 rings (SSSR count). The second-order valence-electron chi connectivity index (χ2n) is 13.4. The van der Waals surface area contributed by atoms with Crippen molar-refractivity contribution in [3.8, 4) is 5.75 Å². The van der Waals surface area contributed by atoms with E-state index in [1.54, 1.807) is 45.0 Å². The van der Waals surface area contributed by atoms with Crippen molar-refractivity contribution in [2.75, 3.05) is 13.2 Å². The SMILES string of the molecule is CC(C)(C)OC(=O)N[C@H](COCc1ccccc1)C(=O)N[C@H](Cc1ccc(OCc2ccccc2)cc1)C(=O)NCC(=O)N[C@@H](Cc1cnc[nH]1)C(N)=O. The molecule has 5 amide bonds. The van der Waals surface area contributed by atoms with E-state index in [9.17, 15) is 24.0 Å². The lowest BCUT2D eigenvalue weighted by molar-refractivity contribution is -0.132. The minimum absolute atomic E-state index is 0.00588. The van der Waals surface area contributed by atoms with Crippen molar-refractivity contribution in [2.45, 2.75) is 70.6 Å². The average molecular weight is 742 g/mol. The van der Waals surface area contributed by atoms with E-state index >= 15 is 0 Å². The molecule has 15 nitrogen and oxygen atoms in total. The number of ether oxygens (including phenoxy) is 3. The molecule has 3 atom stereocenters. The number of rotatable bonds is 19. The van der Waals surface area contributed by atoms with E-state index in [0.717, 1.165) is 11.1 Å². The minimum atomic E-state index is -1.25. The first-order chi connectivity index (χ1) is 25.8. The summed E-state index contributed by atoms with van der Waals surface area (Å²) in [5.74, 6) is -2.29. The van der Waals surface area contributed by atoms with E-state index < -0.39 is 60.0 Å². The second kappa shape index (κ2) is 20.1. The summed E-state index contributed by atoms with van der Waals surface area (Å²) in [7, 11) is 0.